The molecule has 0 aliphatic heterocycles. The Morgan fingerprint density at radius 3 is 2.21 bits per heavy atom. The Kier molecular flexibility index (Phi) is 5.06. The lowest BCUT2D eigenvalue weighted by molar-refractivity contribution is -0.170. The Morgan fingerprint density at radius 1 is 1.08 bits per heavy atom. The molecule has 2 rings (SSSR count). The minimum atomic E-state index is -0.791. The summed E-state index contributed by atoms with van der Waals surface area (Å²) in [6, 6.07) is 0. The van der Waals surface area contributed by atoms with Crippen LogP contribution >= 0.6 is 0 Å². The first kappa shape index (κ1) is 18.5. The Labute approximate surface area is 142 Å². The fourth-order valence-corrected chi connectivity index (χ4v) is 3.93. The predicted octanol–water partition coefficient (Wildman–Crippen LogP) is 2.41. The smallest absolute Gasteiger partial charge is 0.344 e. The van der Waals surface area contributed by atoms with E-state index in [0.29, 0.717) is 5.92 Å². The molecular weight excluding hydrogens is 312 g/mol. The molecule has 0 aromatic heterocycles. The molecule has 2 bridgehead atoms. The van der Waals surface area contributed by atoms with Crippen LogP contribution in [0.4, 0.5) is 0 Å². The van der Waals surface area contributed by atoms with E-state index in [4.69, 9.17) is 9.47 Å². The van der Waals surface area contributed by atoms with Crippen LogP contribution in [0, 0.1) is 16.7 Å². The topological polar surface area (TPSA) is 78.9 Å². The Hall–Kier alpha value is -1.85. The lowest BCUT2D eigenvalue weighted by Crippen LogP contribution is -2.39. The molecule has 0 aromatic carbocycles. The molecule has 3 unspecified atom stereocenters. The first-order valence-corrected chi connectivity index (χ1v) is 8.25. The van der Waals surface area contributed by atoms with Crippen LogP contribution in [0.3, 0.4) is 0 Å². The number of hydrogen-bond acceptors (Lipinski definition) is 6. The van der Waals surface area contributed by atoms with E-state index in [-0.39, 0.29) is 22.5 Å². The zero-order valence-electron chi connectivity index (χ0n) is 14.8. The van der Waals surface area contributed by atoms with Crippen LogP contribution in [-0.2, 0) is 28.6 Å². The van der Waals surface area contributed by atoms with Crippen LogP contribution < -0.4 is 0 Å². The van der Waals surface area contributed by atoms with Crippen molar-refractivity contribution in [2.24, 2.45) is 16.7 Å². The van der Waals surface area contributed by atoms with Gasteiger partial charge in [-0.05, 0) is 37.5 Å². The molecule has 0 aromatic rings. The zero-order valence-corrected chi connectivity index (χ0v) is 14.8. The van der Waals surface area contributed by atoms with Crippen molar-refractivity contribution >= 4 is 17.9 Å². The van der Waals surface area contributed by atoms with E-state index in [1.165, 1.54) is 13.3 Å². The van der Waals surface area contributed by atoms with E-state index < -0.39 is 31.1 Å². The molecule has 24 heavy (non-hydrogen) atoms. The molecule has 0 radical (unpaired) electrons. The highest BCUT2D eigenvalue weighted by molar-refractivity contribution is 5.88. The molecule has 0 N–H and O–H groups in total. The summed E-state index contributed by atoms with van der Waals surface area (Å²) in [4.78, 5) is 34.6. The molecule has 0 saturated heterocycles. The summed E-state index contributed by atoms with van der Waals surface area (Å²) in [5, 5.41) is 0. The summed E-state index contributed by atoms with van der Waals surface area (Å²) in [6.07, 6.45) is 2.93. The van der Waals surface area contributed by atoms with Gasteiger partial charge in [-0.15, -0.1) is 0 Å². The van der Waals surface area contributed by atoms with E-state index in [9.17, 15) is 14.4 Å². The van der Waals surface area contributed by atoms with Crippen molar-refractivity contribution < 1.29 is 28.6 Å². The van der Waals surface area contributed by atoms with Crippen LogP contribution in [0.2, 0.25) is 0 Å². The molecule has 6 heteroatoms. The van der Waals surface area contributed by atoms with Crippen LogP contribution in [0.15, 0.2) is 12.2 Å². The maximum Gasteiger partial charge on any atom is 0.344 e. The molecule has 2 aliphatic carbocycles. The molecule has 2 aliphatic rings. The van der Waals surface area contributed by atoms with Gasteiger partial charge in [-0.2, -0.15) is 0 Å². The van der Waals surface area contributed by atoms with E-state index in [1.54, 1.807) is 0 Å². The van der Waals surface area contributed by atoms with Gasteiger partial charge in [-0.1, -0.05) is 27.4 Å². The summed E-state index contributed by atoms with van der Waals surface area (Å²) in [7, 11) is 0. The quantitative estimate of drug-likeness (QED) is 0.420. The van der Waals surface area contributed by atoms with Crippen molar-refractivity contribution in [1.82, 2.24) is 0 Å². The lowest BCUT2D eigenvalue weighted by atomic mass is 9.70. The van der Waals surface area contributed by atoms with Gasteiger partial charge in [-0.25, -0.2) is 14.4 Å². The van der Waals surface area contributed by atoms with Gasteiger partial charge in [-0.3, -0.25) is 0 Å². The standard InChI is InChI=1S/C18H26O6/c1-11(2)16(21)23-9-14(19)22-10-15(20)24-13-8-12-6-7-18(13,5)17(12,3)4/h12-13H,1,6-10H2,2-5H3. The minimum Gasteiger partial charge on any atom is -0.459 e. The van der Waals surface area contributed by atoms with Gasteiger partial charge in [0, 0.05) is 11.0 Å². The zero-order chi connectivity index (χ0) is 18.1. The summed E-state index contributed by atoms with van der Waals surface area (Å²) >= 11 is 0. The average Bonchev–Trinajstić information content (AvgIpc) is 2.83. The second-order valence-corrected chi connectivity index (χ2v) is 7.61. The van der Waals surface area contributed by atoms with Gasteiger partial charge in [0.1, 0.15) is 6.10 Å². The van der Waals surface area contributed by atoms with Gasteiger partial charge in [0.25, 0.3) is 0 Å². The molecular formula is C18H26O6. The molecule has 0 heterocycles. The van der Waals surface area contributed by atoms with E-state index in [1.807, 2.05) is 0 Å². The van der Waals surface area contributed by atoms with Crippen molar-refractivity contribution in [2.45, 2.75) is 53.1 Å². The van der Waals surface area contributed by atoms with Gasteiger partial charge in [0.2, 0.25) is 0 Å². The largest absolute Gasteiger partial charge is 0.459 e. The third-order valence-electron chi connectivity index (χ3n) is 6.01. The van der Waals surface area contributed by atoms with Gasteiger partial charge < -0.3 is 14.2 Å². The third kappa shape index (κ3) is 3.32. The fraction of sp³-hybridized carbons (Fsp3) is 0.722. The molecule has 134 valence electrons. The van der Waals surface area contributed by atoms with Gasteiger partial charge in [0.15, 0.2) is 13.2 Å². The number of esters is 3. The highest BCUT2D eigenvalue weighted by atomic mass is 16.6. The van der Waals surface area contributed by atoms with Crippen molar-refractivity contribution in [3.8, 4) is 0 Å². The van der Waals surface area contributed by atoms with Crippen molar-refractivity contribution in [1.29, 1.82) is 0 Å². The maximum atomic E-state index is 12.0. The summed E-state index contributed by atoms with van der Waals surface area (Å²) in [5.74, 6) is -1.47. The number of carbonyl (C=O) groups is 3. The van der Waals surface area contributed by atoms with E-state index in [0.717, 1.165) is 12.8 Å². The summed E-state index contributed by atoms with van der Waals surface area (Å²) in [6.45, 7) is 10.5. The van der Waals surface area contributed by atoms with Crippen LogP contribution in [0.1, 0.15) is 47.0 Å². The number of fused-ring (bicyclic) bond motifs is 2. The first-order chi connectivity index (χ1) is 11.1. The van der Waals surface area contributed by atoms with Gasteiger partial charge >= 0.3 is 17.9 Å². The highest BCUT2D eigenvalue weighted by Gasteiger charge is 2.62. The second kappa shape index (κ2) is 6.57. The summed E-state index contributed by atoms with van der Waals surface area (Å²) in [5.41, 5.74) is 0.300. The minimum absolute atomic E-state index is 0.0334. The van der Waals surface area contributed by atoms with Crippen LogP contribution in [0.5, 0.6) is 0 Å². The van der Waals surface area contributed by atoms with E-state index in [2.05, 4.69) is 32.1 Å². The van der Waals surface area contributed by atoms with Crippen LogP contribution in [-0.4, -0.2) is 37.2 Å². The van der Waals surface area contributed by atoms with Crippen LogP contribution in [0.25, 0.3) is 0 Å². The molecule has 6 nitrogen and oxygen atoms in total. The number of carbonyl (C=O) groups excluding carboxylic acids is 3. The first-order valence-electron chi connectivity index (χ1n) is 8.25. The van der Waals surface area contributed by atoms with Gasteiger partial charge in [0.05, 0.1) is 0 Å². The molecule has 3 atom stereocenters. The Balaban J connectivity index is 1.76. The average molecular weight is 338 g/mol. The Morgan fingerprint density at radius 2 is 1.71 bits per heavy atom. The Bertz CT molecular complexity index is 564. The fourth-order valence-electron chi connectivity index (χ4n) is 3.93. The molecule has 2 fully saturated rings. The second-order valence-electron chi connectivity index (χ2n) is 7.61. The lowest BCUT2D eigenvalue weighted by Gasteiger charge is -2.38. The van der Waals surface area contributed by atoms with Crippen molar-refractivity contribution in [3.05, 3.63) is 12.2 Å². The van der Waals surface area contributed by atoms with Crippen molar-refractivity contribution in [2.75, 3.05) is 13.2 Å². The monoisotopic (exact) mass is 338 g/mol. The third-order valence-corrected chi connectivity index (χ3v) is 6.01. The molecule has 0 amide bonds. The SMILES string of the molecule is C=C(C)C(=O)OCC(=O)OCC(=O)OC1CC2CCC1(C)C2(C)C. The predicted molar refractivity (Wildman–Crippen MR) is 85.8 cm³/mol. The van der Waals surface area contributed by atoms with Crippen molar-refractivity contribution in [3.63, 3.8) is 0 Å². The maximum absolute atomic E-state index is 12.0. The molecule has 0 spiro atoms. The highest BCUT2D eigenvalue weighted by Crippen LogP contribution is 2.66. The number of ether oxygens (including phenoxy) is 3. The number of rotatable bonds is 6. The normalized spacial score (nSPS) is 29.8. The molecule has 2 saturated carbocycles. The number of hydrogen-bond donors (Lipinski definition) is 0. The summed E-state index contributed by atoms with van der Waals surface area (Å²) < 4.78 is 15.0. The van der Waals surface area contributed by atoms with E-state index >= 15 is 0 Å².